The molecule has 2 aliphatic rings. The Labute approximate surface area is 201 Å². The molecule has 0 saturated carbocycles. The van der Waals surface area contributed by atoms with Gasteiger partial charge < -0.3 is 0 Å². The van der Waals surface area contributed by atoms with Gasteiger partial charge in [-0.2, -0.15) is 0 Å². The first-order chi connectivity index (χ1) is 13.6. The Bertz CT molecular complexity index is 957. The van der Waals surface area contributed by atoms with Gasteiger partial charge in [0, 0.05) is 0 Å². The molecule has 0 nitrogen and oxygen atoms in total. The fraction of sp³-hybridized carbons (Fsp3) is 0.222. The molecule has 2 aliphatic carbocycles. The normalized spacial score (nSPS) is 19.6. The van der Waals surface area contributed by atoms with Gasteiger partial charge in [-0.15, -0.1) is 24.8 Å². The van der Waals surface area contributed by atoms with Crippen LogP contribution in [0.5, 0.6) is 0 Å². The van der Waals surface area contributed by atoms with Gasteiger partial charge in [-0.05, 0) is 0 Å². The maximum Gasteiger partial charge on any atom is -0.147 e. The van der Waals surface area contributed by atoms with Crippen molar-refractivity contribution >= 4 is 28.0 Å². The van der Waals surface area contributed by atoms with Crippen LogP contribution in [0.3, 0.4) is 0 Å². The minimum absolute atomic E-state index is 0. The van der Waals surface area contributed by atoms with Gasteiger partial charge in [-0.3, -0.25) is 0 Å². The predicted octanol–water partition coefficient (Wildman–Crippen LogP) is 7.68. The monoisotopic (exact) mass is 514 g/mol. The Morgan fingerprint density at radius 3 is 1.30 bits per heavy atom. The number of rotatable bonds is 4. The van der Waals surface area contributed by atoms with Crippen molar-refractivity contribution in [2.75, 3.05) is 0 Å². The van der Waals surface area contributed by atoms with Gasteiger partial charge in [0.15, 0.2) is 0 Å². The van der Waals surface area contributed by atoms with Crippen LogP contribution in [0.25, 0.3) is 0 Å². The van der Waals surface area contributed by atoms with Crippen LogP contribution in [0.2, 0.25) is 0 Å². The molecule has 156 valence electrons. The minimum Gasteiger partial charge on any atom is -0.147 e. The van der Waals surface area contributed by atoms with Gasteiger partial charge in [0.1, 0.15) is 0 Å². The van der Waals surface area contributed by atoms with Gasteiger partial charge in [0.2, 0.25) is 0 Å². The zero-order valence-corrected chi connectivity index (χ0v) is 22.1. The molecule has 0 saturated heterocycles. The maximum absolute atomic E-state index is 2.40. The summed E-state index contributed by atoms with van der Waals surface area (Å²) < 4.78 is 5.11. The van der Waals surface area contributed by atoms with E-state index in [2.05, 4.69) is 113 Å². The minimum atomic E-state index is -2.37. The summed E-state index contributed by atoms with van der Waals surface area (Å²) in [6.45, 7) is 9.43. The Hall–Kier alpha value is -1.27. The van der Waals surface area contributed by atoms with E-state index in [9.17, 15) is 0 Å². The molecule has 0 N–H and O–H groups in total. The zero-order chi connectivity index (χ0) is 19.7. The Morgan fingerprint density at radius 2 is 1.00 bits per heavy atom. The molecule has 3 heteroatoms. The van der Waals surface area contributed by atoms with E-state index >= 15 is 0 Å². The van der Waals surface area contributed by atoms with E-state index < -0.39 is 21.3 Å². The quantitative estimate of drug-likeness (QED) is 0.391. The number of allylic oxidation sites excluding steroid dienone is 8. The standard InChI is InChI=1S/C13H10.2C7H9.2ClH.Zr/c1-3-7-12(8-4-1)11-13-9-5-2-6-10-13;2*1-6-3-4-7(2)5-6;;;/h1-10H;2*3-4,6H,1-2H3;2*1H;. The molecular weight excluding hydrogens is 486 g/mol. The summed E-state index contributed by atoms with van der Waals surface area (Å²) in [7, 11) is 0. The van der Waals surface area contributed by atoms with Crippen molar-refractivity contribution in [3.05, 3.63) is 114 Å². The molecule has 2 aromatic rings. The molecule has 0 spiro atoms. The molecule has 0 aliphatic heterocycles. The number of benzene rings is 2. The molecule has 0 heterocycles. The van der Waals surface area contributed by atoms with Crippen LogP contribution in [0.1, 0.15) is 38.8 Å². The van der Waals surface area contributed by atoms with Crippen molar-refractivity contribution in [3.8, 4) is 0 Å². The van der Waals surface area contributed by atoms with Crippen LogP contribution in [0.4, 0.5) is 0 Å². The van der Waals surface area contributed by atoms with Crippen molar-refractivity contribution in [1.29, 1.82) is 0 Å². The molecule has 30 heavy (non-hydrogen) atoms. The molecule has 0 fully saturated rings. The summed E-state index contributed by atoms with van der Waals surface area (Å²) in [5, 5.41) is 0. The van der Waals surface area contributed by atoms with Crippen LogP contribution in [0.15, 0.2) is 103 Å². The van der Waals surface area contributed by atoms with Crippen LogP contribution in [0, 0.1) is 11.8 Å². The molecule has 0 amide bonds. The first-order valence-corrected chi connectivity index (χ1v) is 13.9. The van der Waals surface area contributed by atoms with E-state index in [1.54, 1.807) is 9.77 Å². The summed E-state index contributed by atoms with van der Waals surface area (Å²) in [5.74, 6) is 1.09. The summed E-state index contributed by atoms with van der Waals surface area (Å²) >= 11 is -2.37. The van der Waals surface area contributed by atoms with Gasteiger partial charge in [-0.1, -0.05) is 0 Å². The Balaban J connectivity index is 0.00000160. The van der Waals surface area contributed by atoms with E-state index in [4.69, 9.17) is 0 Å². The van der Waals surface area contributed by atoms with Gasteiger partial charge in [-0.25, -0.2) is 0 Å². The molecule has 0 aromatic heterocycles. The zero-order valence-electron chi connectivity index (χ0n) is 18.1. The second-order valence-corrected chi connectivity index (χ2v) is 13.7. The van der Waals surface area contributed by atoms with Crippen LogP contribution in [-0.4, -0.2) is 3.21 Å². The maximum atomic E-state index is 2.40. The third-order valence-electron chi connectivity index (χ3n) is 5.94. The van der Waals surface area contributed by atoms with Crippen molar-refractivity contribution < 1.29 is 21.3 Å². The number of hydrogen-bond acceptors (Lipinski definition) is 0. The largest absolute Gasteiger partial charge is 0.147 e. The van der Waals surface area contributed by atoms with Crippen molar-refractivity contribution in [2.24, 2.45) is 11.8 Å². The topological polar surface area (TPSA) is 0 Å². The van der Waals surface area contributed by atoms with E-state index in [0.29, 0.717) is 11.8 Å². The number of hydrogen-bond donors (Lipinski definition) is 0. The molecule has 2 aromatic carbocycles. The smallest absolute Gasteiger partial charge is 0.147 e. The summed E-state index contributed by atoms with van der Waals surface area (Å²) in [5.41, 5.74) is 5.82. The molecular formula is C27H30Cl2Zr. The third kappa shape index (κ3) is 4.80. The predicted molar refractivity (Wildman–Crippen MR) is 133 cm³/mol. The van der Waals surface area contributed by atoms with E-state index in [1.165, 1.54) is 22.3 Å². The van der Waals surface area contributed by atoms with Gasteiger partial charge in [0.05, 0.1) is 0 Å². The fourth-order valence-electron chi connectivity index (χ4n) is 4.60. The summed E-state index contributed by atoms with van der Waals surface area (Å²) in [4.78, 5) is 0. The van der Waals surface area contributed by atoms with E-state index in [1.807, 2.05) is 0 Å². The van der Waals surface area contributed by atoms with Crippen LogP contribution < -0.4 is 0 Å². The first kappa shape index (κ1) is 25.0. The van der Waals surface area contributed by atoms with Crippen LogP contribution in [-0.2, 0) is 21.3 Å². The molecule has 4 rings (SSSR count). The average Bonchev–Trinajstić information content (AvgIpc) is 3.22. The SMILES string of the molecule is CC1=[C]([Zr]([C]2=C(C)C=CC2C)=[C](c2ccccc2)c2ccccc2)C(C)C=C1.Cl.Cl. The Morgan fingerprint density at radius 1 is 0.633 bits per heavy atom. The first-order valence-electron chi connectivity index (χ1n) is 10.2. The number of halogens is 2. The molecule has 2 unspecified atom stereocenters. The Kier molecular flexibility index (Phi) is 9.04. The summed E-state index contributed by atoms with van der Waals surface area (Å²) in [6.07, 6.45) is 9.53. The third-order valence-corrected chi connectivity index (χ3v) is 15.4. The van der Waals surface area contributed by atoms with Crippen molar-refractivity contribution in [2.45, 2.75) is 27.7 Å². The molecule has 2 atom stereocenters. The summed E-state index contributed by atoms with van der Waals surface area (Å²) in [6, 6.07) is 22.3. The second-order valence-electron chi connectivity index (χ2n) is 7.97. The fourth-order valence-corrected chi connectivity index (χ4v) is 13.9. The molecule has 0 bridgehead atoms. The van der Waals surface area contributed by atoms with Crippen molar-refractivity contribution in [3.63, 3.8) is 0 Å². The van der Waals surface area contributed by atoms with Gasteiger partial charge >= 0.3 is 178 Å². The average molecular weight is 517 g/mol. The van der Waals surface area contributed by atoms with E-state index in [-0.39, 0.29) is 24.8 Å². The second kappa shape index (κ2) is 10.9. The van der Waals surface area contributed by atoms with E-state index in [0.717, 1.165) is 0 Å². The van der Waals surface area contributed by atoms with Crippen LogP contribution >= 0.6 is 24.8 Å². The van der Waals surface area contributed by atoms with Crippen molar-refractivity contribution in [1.82, 2.24) is 0 Å². The molecule has 0 radical (unpaired) electrons. The van der Waals surface area contributed by atoms with Gasteiger partial charge in [0.25, 0.3) is 0 Å².